The molecule has 4 aliphatic heterocycles. The van der Waals surface area contributed by atoms with Gasteiger partial charge in [-0.2, -0.15) is 58.8 Å². The van der Waals surface area contributed by atoms with Crippen molar-refractivity contribution >= 4 is 80.4 Å². The molecule has 19 heavy (non-hydrogen) atoms. The zero-order chi connectivity index (χ0) is 12.9. The molecular weight excluding hydrogens is 369 g/mol. The highest BCUT2D eigenvalue weighted by atomic mass is 33.1. The van der Waals surface area contributed by atoms with E-state index in [2.05, 4.69) is 80.4 Å². The Morgan fingerprint density at radius 3 is 1.21 bits per heavy atom. The van der Waals surface area contributed by atoms with Gasteiger partial charge in [-0.15, -0.1) is 0 Å². The second-order valence-electron chi connectivity index (χ2n) is 4.93. The minimum Gasteiger partial charge on any atom is -0.160 e. The van der Waals surface area contributed by atoms with E-state index in [0.717, 1.165) is 21.0 Å². The van der Waals surface area contributed by atoms with Crippen molar-refractivity contribution in [2.45, 2.75) is 21.0 Å². The normalized spacial score (nSPS) is 37.3. The molecule has 0 aromatic heterocycles. The summed E-state index contributed by atoms with van der Waals surface area (Å²) in [5, 5.41) is 4.12. The second-order valence-corrected chi connectivity index (χ2v) is 13.9. The summed E-state index contributed by atoms with van der Waals surface area (Å²) < 4.78 is 0. The first-order chi connectivity index (χ1) is 9.40. The minimum absolute atomic E-state index is 1.02. The van der Waals surface area contributed by atoms with E-state index >= 15 is 0 Å². The first kappa shape index (κ1) is 16.3. The van der Waals surface area contributed by atoms with Crippen LogP contribution in [0.5, 0.6) is 0 Å². The van der Waals surface area contributed by atoms with Crippen LogP contribution in [-0.2, 0) is 0 Å². The summed E-state index contributed by atoms with van der Waals surface area (Å²) in [5.74, 6) is 11.3. The third kappa shape index (κ3) is 9.24. The maximum Gasteiger partial charge on any atom is 0.0237 e. The van der Waals surface area contributed by atoms with Crippen molar-refractivity contribution in [3.8, 4) is 0 Å². The lowest BCUT2D eigenvalue weighted by atomic mass is 10.6. The van der Waals surface area contributed by atoms with Gasteiger partial charge in [-0.05, 0) is 0 Å². The van der Waals surface area contributed by atoms with E-state index in [0.29, 0.717) is 0 Å². The fourth-order valence-corrected chi connectivity index (χ4v) is 9.08. The molecule has 4 saturated heterocycles. The molecule has 4 unspecified atom stereocenters. The van der Waals surface area contributed by atoms with Crippen molar-refractivity contribution in [2.75, 3.05) is 46.0 Å². The molecule has 4 rings (SSSR count). The molecule has 0 aromatic rings. The Kier molecular flexibility index (Phi) is 7.66. The standard InChI is InChI=1S/C6H10S4.C6H10S3/c1-5(7-1)3-9-10-4-6-2-8-6;1(5-3-8-5)7-2-6-4-9-6/h5-6H,1-4H2;5-6H,1-4H2. The third-order valence-electron chi connectivity index (χ3n) is 2.81. The van der Waals surface area contributed by atoms with Crippen molar-refractivity contribution in [3.63, 3.8) is 0 Å². The number of rotatable bonds is 9. The lowest BCUT2D eigenvalue weighted by molar-refractivity contribution is 1.23. The molecule has 7 heteroatoms. The van der Waals surface area contributed by atoms with Gasteiger partial charge in [-0.1, -0.05) is 21.6 Å². The van der Waals surface area contributed by atoms with Crippen molar-refractivity contribution in [1.82, 2.24) is 0 Å². The Balaban J connectivity index is 0.000000117. The van der Waals surface area contributed by atoms with Crippen LogP contribution >= 0.6 is 80.4 Å². The van der Waals surface area contributed by atoms with Gasteiger partial charge < -0.3 is 0 Å². The average molecular weight is 389 g/mol. The van der Waals surface area contributed by atoms with Crippen LogP contribution in [0.3, 0.4) is 0 Å². The van der Waals surface area contributed by atoms with Crippen molar-refractivity contribution < 1.29 is 0 Å². The van der Waals surface area contributed by atoms with E-state index in [1.807, 2.05) is 0 Å². The Morgan fingerprint density at radius 2 is 0.895 bits per heavy atom. The van der Waals surface area contributed by atoms with Crippen LogP contribution in [0.25, 0.3) is 0 Å². The zero-order valence-electron chi connectivity index (χ0n) is 10.8. The highest BCUT2D eigenvalue weighted by molar-refractivity contribution is 8.76. The molecule has 0 aliphatic carbocycles. The molecule has 0 amide bonds. The maximum absolute atomic E-state index is 2.15. The molecule has 110 valence electrons. The van der Waals surface area contributed by atoms with Crippen LogP contribution in [0.2, 0.25) is 0 Å². The van der Waals surface area contributed by atoms with E-state index in [4.69, 9.17) is 0 Å². The van der Waals surface area contributed by atoms with Gasteiger partial charge in [0.15, 0.2) is 0 Å². The molecule has 0 radical (unpaired) electrons. The summed E-state index contributed by atoms with van der Waals surface area (Å²) in [7, 11) is 4.15. The highest BCUT2D eigenvalue weighted by Gasteiger charge is 2.26. The first-order valence-electron chi connectivity index (χ1n) is 6.68. The molecule has 4 atom stereocenters. The minimum atomic E-state index is 1.02. The summed E-state index contributed by atoms with van der Waals surface area (Å²) in [5.41, 5.74) is 0. The largest absolute Gasteiger partial charge is 0.160 e. The topological polar surface area (TPSA) is 0 Å². The Hall–Kier alpha value is 2.45. The van der Waals surface area contributed by atoms with E-state index in [1.54, 1.807) is 0 Å². The van der Waals surface area contributed by atoms with E-state index in [9.17, 15) is 0 Å². The Morgan fingerprint density at radius 1 is 0.579 bits per heavy atom. The molecule has 4 heterocycles. The fraction of sp³-hybridized carbons (Fsp3) is 1.00. The molecule has 0 spiro atoms. The molecular formula is C12H20S7. The number of hydrogen-bond donors (Lipinski definition) is 0. The number of hydrogen-bond acceptors (Lipinski definition) is 7. The molecule has 0 aromatic carbocycles. The summed E-state index contributed by atoms with van der Waals surface area (Å²) in [6, 6.07) is 0. The Labute approximate surface area is 146 Å². The van der Waals surface area contributed by atoms with Gasteiger partial charge >= 0.3 is 0 Å². The summed E-state index contributed by atoms with van der Waals surface area (Å²) in [6.07, 6.45) is 0. The van der Waals surface area contributed by atoms with E-state index in [-0.39, 0.29) is 0 Å². The molecule has 0 N–H and O–H groups in total. The van der Waals surface area contributed by atoms with Gasteiger partial charge in [-0.3, -0.25) is 0 Å². The van der Waals surface area contributed by atoms with Crippen LogP contribution < -0.4 is 0 Å². The monoisotopic (exact) mass is 388 g/mol. The quantitative estimate of drug-likeness (QED) is 0.319. The maximum atomic E-state index is 2.15. The van der Waals surface area contributed by atoms with E-state index < -0.39 is 0 Å². The molecule has 0 bridgehead atoms. The van der Waals surface area contributed by atoms with Gasteiger partial charge in [0.25, 0.3) is 0 Å². The van der Waals surface area contributed by atoms with Gasteiger partial charge in [0.1, 0.15) is 0 Å². The highest BCUT2D eigenvalue weighted by Crippen LogP contribution is 2.40. The molecule has 0 nitrogen and oxygen atoms in total. The Bertz CT molecular complexity index is 233. The van der Waals surface area contributed by atoms with Crippen LogP contribution in [0, 0.1) is 0 Å². The van der Waals surface area contributed by atoms with Crippen molar-refractivity contribution in [1.29, 1.82) is 0 Å². The van der Waals surface area contributed by atoms with Crippen LogP contribution in [0.15, 0.2) is 0 Å². The average Bonchev–Trinajstić information content (AvgIpc) is 3.23. The molecule has 4 aliphatic rings. The van der Waals surface area contributed by atoms with Crippen LogP contribution in [0.4, 0.5) is 0 Å². The zero-order valence-corrected chi connectivity index (χ0v) is 16.5. The lowest BCUT2D eigenvalue weighted by Gasteiger charge is -1.94. The fourth-order valence-electron chi connectivity index (χ4n) is 1.24. The van der Waals surface area contributed by atoms with E-state index in [1.165, 1.54) is 46.0 Å². The summed E-state index contributed by atoms with van der Waals surface area (Å²) in [6.45, 7) is 0. The second kappa shape index (κ2) is 8.92. The lowest BCUT2D eigenvalue weighted by Crippen LogP contribution is -1.93. The summed E-state index contributed by atoms with van der Waals surface area (Å²) >= 11 is 10.6. The van der Waals surface area contributed by atoms with Gasteiger partial charge in [0.05, 0.1) is 0 Å². The van der Waals surface area contributed by atoms with Gasteiger partial charge in [-0.25, -0.2) is 0 Å². The van der Waals surface area contributed by atoms with Crippen molar-refractivity contribution in [2.24, 2.45) is 0 Å². The predicted octanol–water partition coefficient (Wildman–Crippen LogP) is 4.55. The molecule has 4 fully saturated rings. The van der Waals surface area contributed by atoms with Crippen molar-refractivity contribution in [3.05, 3.63) is 0 Å². The van der Waals surface area contributed by atoms with Gasteiger partial charge in [0, 0.05) is 67.0 Å². The predicted molar refractivity (Wildman–Crippen MR) is 107 cm³/mol. The summed E-state index contributed by atoms with van der Waals surface area (Å²) in [4.78, 5) is 0. The van der Waals surface area contributed by atoms with Crippen LogP contribution in [0.1, 0.15) is 0 Å². The molecule has 0 saturated carbocycles. The van der Waals surface area contributed by atoms with Gasteiger partial charge in [0.2, 0.25) is 0 Å². The van der Waals surface area contributed by atoms with Crippen LogP contribution in [-0.4, -0.2) is 67.0 Å². The smallest absolute Gasteiger partial charge is 0.0237 e. The SMILES string of the molecule is C(SCC1CS1)C1CS1.C(SSCC1CS1)C1CS1. The third-order valence-corrected chi connectivity index (χ3v) is 11.4. The number of thioether (sulfide) groups is 5. The first-order valence-corrected chi connectivity index (χ1v) is 14.5.